The second-order valence-corrected chi connectivity index (χ2v) is 9.78. The number of anilines is 2. The van der Waals surface area contributed by atoms with Gasteiger partial charge in [-0.1, -0.05) is 34.5 Å². The molecule has 0 saturated carbocycles. The Morgan fingerprint density at radius 1 is 1.14 bits per heavy atom. The van der Waals surface area contributed by atoms with Gasteiger partial charge in [0.1, 0.15) is 4.88 Å². The number of ether oxygens (including phenoxy) is 3. The molecule has 2 heterocycles. The third-order valence-corrected chi connectivity index (χ3v) is 7.24. The van der Waals surface area contributed by atoms with E-state index in [0.717, 1.165) is 17.8 Å². The van der Waals surface area contributed by atoms with E-state index in [4.69, 9.17) is 37.4 Å². The molecule has 1 aliphatic heterocycles. The molecule has 8 nitrogen and oxygen atoms in total. The van der Waals surface area contributed by atoms with E-state index in [1.807, 2.05) is 6.92 Å². The fourth-order valence-electron chi connectivity index (χ4n) is 3.97. The molecular formula is C25H25Cl2N3O5S. The largest absolute Gasteiger partial charge is 0.493 e. The third-order valence-electron chi connectivity index (χ3n) is 5.72. The van der Waals surface area contributed by atoms with Crippen LogP contribution >= 0.6 is 34.5 Å². The van der Waals surface area contributed by atoms with Gasteiger partial charge < -0.3 is 19.1 Å². The zero-order chi connectivity index (χ0) is 25.8. The summed E-state index contributed by atoms with van der Waals surface area (Å²) in [6.07, 6.45) is 2.31. The lowest BCUT2D eigenvalue weighted by molar-refractivity contribution is 0.0600. The number of thiazole rings is 1. The lowest BCUT2D eigenvalue weighted by Crippen LogP contribution is -2.29. The van der Waals surface area contributed by atoms with Crippen LogP contribution in [-0.4, -0.2) is 61.7 Å². The fourth-order valence-corrected chi connectivity index (χ4v) is 5.36. The number of benzene rings is 2. The number of carbonyl (C=O) groups excluding carboxylic acids is 2. The van der Waals surface area contributed by atoms with Gasteiger partial charge in [0.25, 0.3) is 11.8 Å². The van der Waals surface area contributed by atoms with Gasteiger partial charge in [-0.15, -0.1) is 0 Å². The molecule has 0 N–H and O–H groups in total. The number of rotatable bonds is 8. The summed E-state index contributed by atoms with van der Waals surface area (Å²) < 4.78 is 16.4. The Morgan fingerprint density at radius 3 is 2.61 bits per heavy atom. The van der Waals surface area contributed by atoms with E-state index in [9.17, 15) is 9.59 Å². The molecule has 190 valence electrons. The normalized spacial score (nSPS) is 15.1. The summed E-state index contributed by atoms with van der Waals surface area (Å²) in [5, 5.41) is 0.916. The number of likely N-dealkylation sites (tertiary alicyclic amines) is 1. The molecule has 1 aromatic heterocycles. The number of nitrogens with zero attached hydrogens (tertiary/aromatic N) is 3. The number of carbonyl (C=O) groups is 2. The maximum atomic E-state index is 13.8. The summed E-state index contributed by atoms with van der Waals surface area (Å²) in [6, 6.07) is 9.71. The van der Waals surface area contributed by atoms with Crippen LogP contribution in [0, 0.1) is 0 Å². The predicted octanol–water partition coefficient (Wildman–Crippen LogP) is 5.70. The molecule has 36 heavy (non-hydrogen) atoms. The van der Waals surface area contributed by atoms with Gasteiger partial charge in [0, 0.05) is 30.8 Å². The predicted molar refractivity (Wildman–Crippen MR) is 141 cm³/mol. The van der Waals surface area contributed by atoms with Gasteiger partial charge >= 0.3 is 0 Å². The van der Waals surface area contributed by atoms with Crippen LogP contribution < -0.4 is 14.4 Å². The highest BCUT2D eigenvalue weighted by molar-refractivity contribution is 7.17. The molecule has 2 aromatic carbocycles. The molecule has 1 fully saturated rings. The van der Waals surface area contributed by atoms with Crippen LogP contribution in [0.15, 0.2) is 42.6 Å². The van der Waals surface area contributed by atoms with Crippen LogP contribution in [0.5, 0.6) is 11.5 Å². The number of aromatic nitrogens is 1. The zero-order valence-electron chi connectivity index (χ0n) is 20.0. The van der Waals surface area contributed by atoms with Gasteiger partial charge in [-0.05, 0) is 43.7 Å². The molecule has 0 radical (unpaired) electrons. The smallest absolute Gasteiger partial charge is 0.266 e. The highest BCUT2D eigenvalue weighted by atomic mass is 35.5. The van der Waals surface area contributed by atoms with E-state index in [2.05, 4.69) is 4.98 Å². The van der Waals surface area contributed by atoms with Crippen LogP contribution in [0.1, 0.15) is 33.4 Å². The molecular weight excluding hydrogens is 525 g/mol. The van der Waals surface area contributed by atoms with Crippen molar-refractivity contribution in [3.8, 4) is 11.5 Å². The minimum atomic E-state index is -0.435. The number of amides is 2. The second kappa shape index (κ2) is 11.5. The quantitative estimate of drug-likeness (QED) is 0.358. The summed E-state index contributed by atoms with van der Waals surface area (Å²) in [4.78, 5) is 34.9. The maximum Gasteiger partial charge on any atom is 0.266 e. The van der Waals surface area contributed by atoms with Crippen molar-refractivity contribution in [1.82, 2.24) is 9.88 Å². The van der Waals surface area contributed by atoms with Crippen molar-refractivity contribution in [3.05, 3.63) is 63.1 Å². The minimum absolute atomic E-state index is 0.0308. The van der Waals surface area contributed by atoms with Gasteiger partial charge in [-0.25, -0.2) is 4.98 Å². The monoisotopic (exact) mass is 549 g/mol. The van der Waals surface area contributed by atoms with E-state index < -0.39 is 5.91 Å². The van der Waals surface area contributed by atoms with Gasteiger partial charge in [0.15, 0.2) is 16.6 Å². The molecule has 4 rings (SSSR count). The van der Waals surface area contributed by atoms with Gasteiger partial charge in [-0.3, -0.25) is 14.5 Å². The Morgan fingerprint density at radius 2 is 1.92 bits per heavy atom. The molecule has 2 amide bonds. The fraction of sp³-hybridized carbons (Fsp3) is 0.320. The van der Waals surface area contributed by atoms with Gasteiger partial charge in [0.05, 0.1) is 42.8 Å². The van der Waals surface area contributed by atoms with Crippen LogP contribution in [0.4, 0.5) is 10.8 Å². The Labute approximate surface area is 223 Å². The molecule has 0 spiro atoms. The lowest BCUT2D eigenvalue weighted by Gasteiger charge is -2.22. The molecule has 0 aliphatic carbocycles. The summed E-state index contributed by atoms with van der Waals surface area (Å²) >= 11 is 13.5. The average Bonchev–Trinajstić information content (AvgIpc) is 3.54. The molecule has 0 unspecified atom stereocenters. The van der Waals surface area contributed by atoms with E-state index in [-0.39, 0.29) is 22.6 Å². The first-order valence-corrected chi connectivity index (χ1v) is 12.8. The van der Waals surface area contributed by atoms with E-state index >= 15 is 0 Å². The highest BCUT2D eigenvalue weighted by Gasteiger charge is 2.31. The minimum Gasteiger partial charge on any atom is -0.493 e. The first-order chi connectivity index (χ1) is 17.4. The van der Waals surface area contributed by atoms with E-state index in [1.165, 1.54) is 31.4 Å². The summed E-state index contributed by atoms with van der Waals surface area (Å²) in [5.74, 6) is 0.355. The average molecular weight is 550 g/mol. The zero-order valence-corrected chi connectivity index (χ0v) is 22.3. The molecule has 3 aromatic rings. The van der Waals surface area contributed by atoms with Crippen molar-refractivity contribution in [2.45, 2.75) is 19.4 Å². The number of halogens is 2. The second-order valence-electron chi connectivity index (χ2n) is 7.93. The van der Waals surface area contributed by atoms with Crippen molar-refractivity contribution >= 4 is 57.2 Å². The van der Waals surface area contributed by atoms with Gasteiger partial charge in [-0.2, -0.15) is 0 Å². The van der Waals surface area contributed by atoms with Crippen molar-refractivity contribution in [1.29, 1.82) is 0 Å². The maximum absolute atomic E-state index is 13.8. The van der Waals surface area contributed by atoms with Crippen molar-refractivity contribution in [2.75, 3.05) is 38.8 Å². The molecule has 1 atom stereocenters. The Hall–Kier alpha value is -2.85. The van der Waals surface area contributed by atoms with Crippen molar-refractivity contribution in [2.24, 2.45) is 0 Å². The Balaban J connectivity index is 1.71. The topological polar surface area (TPSA) is 81.2 Å². The molecule has 1 saturated heterocycles. The number of hydrogen-bond donors (Lipinski definition) is 0. The van der Waals surface area contributed by atoms with Crippen LogP contribution in [0.2, 0.25) is 10.0 Å². The summed E-state index contributed by atoms with van der Waals surface area (Å²) in [5.41, 5.74) is 0.702. The lowest BCUT2D eigenvalue weighted by atomic mass is 10.1. The van der Waals surface area contributed by atoms with Crippen LogP contribution in [0.25, 0.3) is 0 Å². The standard InChI is InChI=1S/C25H25Cl2N3O5S/c1-4-35-17-9-10-29(14-17)24(32)22-13-28-25(36-22)30(16-6-8-20(33-2)21(12-16)34-3)23(31)18-7-5-15(26)11-19(18)27/h5-8,11-13,17H,4,9-10,14H2,1-3H3/t17-/m1/s1. The first-order valence-electron chi connectivity index (χ1n) is 11.2. The Bertz CT molecular complexity index is 1270. The van der Waals surface area contributed by atoms with Crippen LogP contribution in [-0.2, 0) is 4.74 Å². The van der Waals surface area contributed by atoms with Crippen LogP contribution in [0.3, 0.4) is 0 Å². The highest BCUT2D eigenvalue weighted by Crippen LogP contribution is 2.38. The third kappa shape index (κ3) is 5.44. The SMILES string of the molecule is CCO[C@@H]1CCN(C(=O)c2cnc(N(C(=O)c3ccc(Cl)cc3Cl)c3ccc(OC)c(OC)c3)s2)C1. The number of hydrogen-bond acceptors (Lipinski definition) is 7. The Kier molecular flexibility index (Phi) is 8.35. The molecule has 0 bridgehead atoms. The van der Waals surface area contributed by atoms with E-state index in [0.29, 0.717) is 51.9 Å². The van der Waals surface area contributed by atoms with E-state index in [1.54, 1.807) is 35.2 Å². The first kappa shape index (κ1) is 26.2. The summed E-state index contributed by atoms with van der Waals surface area (Å²) in [7, 11) is 3.04. The van der Waals surface area contributed by atoms with Crippen molar-refractivity contribution < 1.29 is 23.8 Å². The summed E-state index contributed by atoms with van der Waals surface area (Å²) in [6.45, 7) is 3.67. The molecule has 11 heteroatoms. The van der Waals surface area contributed by atoms with Gasteiger partial charge in [0.2, 0.25) is 0 Å². The molecule has 1 aliphatic rings. The van der Waals surface area contributed by atoms with Crippen molar-refractivity contribution in [3.63, 3.8) is 0 Å². The number of methoxy groups -OCH3 is 2.